The van der Waals surface area contributed by atoms with E-state index in [0.717, 1.165) is 31.2 Å². The minimum atomic E-state index is -0.392. The predicted molar refractivity (Wildman–Crippen MR) is 129 cm³/mol. The van der Waals surface area contributed by atoms with Crippen molar-refractivity contribution in [3.05, 3.63) is 64.2 Å². The SMILES string of the molecule is CCCCCCC(=O)N(C)C(C)c1nc2ccccc2c(=O)n1-c1cc(C)ccc1OC. The molecule has 0 saturated heterocycles. The van der Waals surface area contributed by atoms with E-state index in [1.807, 2.05) is 50.2 Å². The van der Waals surface area contributed by atoms with Gasteiger partial charge in [0.05, 0.1) is 29.7 Å². The number of unbranched alkanes of at least 4 members (excludes halogenated alkanes) is 3. The second-order valence-electron chi connectivity index (χ2n) is 8.29. The third kappa shape index (κ3) is 4.85. The van der Waals surface area contributed by atoms with E-state index in [1.165, 1.54) is 0 Å². The number of methoxy groups -OCH3 is 1. The maximum atomic E-state index is 13.6. The number of carbonyl (C=O) groups excluding carboxylic acids is 1. The van der Waals surface area contributed by atoms with Crippen LogP contribution in [0.1, 0.15) is 63.4 Å². The van der Waals surface area contributed by atoms with Crippen LogP contribution in [-0.2, 0) is 4.79 Å². The van der Waals surface area contributed by atoms with Crippen LogP contribution in [0.3, 0.4) is 0 Å². The van der Waals surface area contributed by atoms with Crippen molar-refractivity contribution in [1.29, 1.82) is 0 Å². The van der Waals surface area contributed by atoms with E-state index in [0.29, 0.717) is 34.6 Å². The molecule has 6 nitrogen and oxygen atoms in total. The molecule has 0 fully saturated rings. The fourth-order valence-corrected chi connectivity index (χ4v) is 3.91. The molecular formula is C26H33N3O3. The molecule has 0 radical (unpaired) electrons. The number of ether oxygens (including phenoxy) is 1. The van der Waals surface area contributed by atoms with Gasteiger partial charge >= 0.3 is 0 Å². The van der Waals surface area contributed by atoms with Gasteiger partial charge in [-0.2, -0.15) is 0 Å². The highest BCUT2D eigenvalue weighted by molar-refractivity contribution is 5.79. The quantitative estimate of drug-likeness (QED) is 0.434. The Hall–Kier alpha value is -3.15. The van der Waals surface area contributed by atoms with Crippen LogP contribution in [0.15, 0.2) is 47.3 Å². The highest BCUT2D eigenvalue weighted by Crippen LogP contribution is 2.28. The number of nitrogens with zero attached hydrogens (tertiary/aromatic N) is 3. The lowest BCUT2D eigenvalue weighted by Gasteiger charge is -2.27. The van der Waals surface area contributed by atoms with Gasteiger partial charge in [0.1, 0.15) is 11.6 Å². The Bertz CT molecular complexity index is 1150. The third-order valence-corrected chi connectivity index (χ3v) is 5.97. The van der Waals surface area contributed by atoms with E-state index < -0.39 is 6.04 Å². The first-order valence-electron chi connectivity index (χ1n) is 11.3. The Morgan fingerprint density at radius 3 is 2.62 bits per heavy atom. The fraction of sp³-hybridized carbons (Fsp3) is 0.423. The van der Waals surface area contributed by atoms with Crippen LogP contribution < -0.4 is 10.3 Å². The number of hydrogen-bond donors (Lipinski definition) is 0. The molecular weight excluding hydrogens is 402 g/mol. The Labute approximate surface area is 189 Å². The minimum absolute atomic E-state index is 0.0544. The summed E-state index contributed by atoms with van der Waals surface area (Å²) in [7, 11) is 3.37. The second-order valence-corrected chi connectivity index (χ2v) is 8.29. The molecule has 1 aromatic heterocycles. The second kappa shape index (κ2) is 10.4. The van der Waals surface area contributed by atoms with Crippen molar-refractivity contribution in [3.63, 3.8) is 0 Å². The molecule has 1 amide bonds. The van der Waals surface area contributed by atoms with Crippen LogP contribution in [0.25, 0.3) is 16.6 Å². The van der Waals surface area contributed by atoms with Crippen molar-refractivity contribution in [2.45, 2.75) is 58.9 Å². The van der Waals surface area contributed by atoms with Crippen LogP contribution in [-0.4, -0.2) is 34.5 Å². The number of aromatic nitrogens is 2. The van der Waals surface area contributed by atoms with Crippen molar-refractivity contribution in [1.82, 2.24) is 14.5 Å². The average molecular weight is 436 g/mol. The van der Waals surface area contributed by atoms with E-state index >= 15 is 0 Å². The van der Waals surface area contributed by atoms with Crippen LogP contribution in [0.4, 0.5) is 0 Å². The molecule has 32 heavy (non-hydrogen) atoms. The summed E-state index contributed by atoms with van der Waals surface area (Å²) in [6.07, 6.45) is 4.67. The number of fused-ring (bicyclic) bond motifs is 1. The Morgan fingerprint density at radius 2 is 1.91 bits per heavy atom. The van der Waals surface area contributed by atoms with Crippen molar-refractivity contribution in [3.8, 4) is 11.4 Å². The van der Waals surface area contributed by atoms with Crippen LogP contribution in [0.5, 0.6) is 5.75 Å². The Balaban J connectivity index is 2.12. The normalized spacial score (nSPS) is 12.0. The van der Waals surface area contributed by atoms with E-state index in [9.17, 15) is 9.59 Å². The largest absolute Gasteiger partial charge is 0.495 e. The Morgan fingerprint density at radius 1 is 1.16 bits per heavy atom. The van der Waals surface area contributed by atoms with Crippen molar-refractivity contribution >= 4 is 16.8 Å². The fourth-order valence-electron chi connectivity index (χ4n) is 3.91. The first-order chi connectivity index (χ1) is 15.4. The number of benzene rings is 2. The van der Waals surface area contributed by atoms with Gasteiger partial charge in [-0.3, -0.25) is 14.2 Å². The van der Waals surface area contributed by atoms with E-state index in [-0.39, 0.29) is 11.5 Å². The Kier molecular flexibility index (Phi) is 7.67. The summed E-state index contributed by atoms with van der Waals surface area (Å²) in [6.45, 7) is 6.04. The van der Waals surface area contributed by atoms with Gasteiger partial charge in [0.25, 0.3) is 5.56 Å². The molecule has 0 aliphatic carbocycles. The molecule has 1 unspecified atom stereocenters. The van der Waals surface area contributed by atoms with E-state index in [1.54, 1.807) is 29.7 Å². The minimum Gasteiger partial charge on any atom is -0.495 e. The van der Waals surface area contributed by atoms with Gasteiger partial charge in [0.2, 0.25) is 5.91 Å². The van der Waals surface area contributed by atoms with E-state index in [2.05, 4.69) is 6.92 Å². The number of aryl methyl sites for hydroxylation is 1. The number of para-hydroxylation sites is 1. The molecule has 1 atom stereocenters. The highest BCUT2D eigenvalue weighted by atomic mass is 16.5. The third-order valence-electron chi connectivity index (χ3n) is 5.97. The molecule has 0 bridgehead atoms. The number of amides is 1. The first kappa shape index (κ1) is 23.5. The monoisotopic (exact) mass is 435 g/mol. The summed E-state index contributed by atoms with van der Waals surface area (Å²) in [5.74, 6) is 1.15. The van der Waals surface area contributed by atoms with E-state index in [4.69, 9.17) is 9.72 Å². The summed E-state index contributed by atoms with van der Waals surface area (Å²) in [6, 6.07) is 12.6. The molecule has 0 N–H and O–H groups in total. The zero-order valence-corrected chi connectivity index (χ0v) is 19.7. The standard InChI is InChI=1S/C26H33N3O3/c1-6-7-8-9-14-24(30)28(4)19(3)25-27-21-13-11-10-12-20(21)26(31)29(25)22-17-18(2)15-16-23(22)32-5/h10-13,15-17,19H,6-9,14H2,1-5H3. The summed E-state index contributed by atoms with van der Waals surface area (Å²) < 4.78 is 7.17. The molecule has 170 valence electrons. The average Bonchev–Trinajstić information content (AvgIpc) is 2.80. The summed E-state index contributed by atoms with van der Waals surface area (Å²) >= 11 is 0. The summed E-state index contributed by atoms with van der Waals surface area (Å²) in [4.78, 5) is 33.1. The zero-order valence-electron chi connectivity index (χ0n) is 19.7. The van der Waals surface area contributed by atoms with Gasteiger partial charge in [-0.15, -0.1) is 0 Å². The molecule has 0 saturated carbocycles. The summed E-state index contributed by atoms with van der Waals surface area (Å²) in [5.41, 5.74) is 2.07. The molecule has 3 aromatic rings. The lowest BCUT2D eigenvalue weighted by molar-refractivity contribution is -0.132. The van der Waals surface area contributed by atoms with Crippen molar-refractivity contribution in [2.24, 2.45) is 0 Å². The number of rotatable bonds is 9. The zero-order chi connectivity index (χ0) is 23.3. The molecule has 0 aliphatic rings. The van der Waals surface area contributed by atoms with Crippen molar-refractivity contribution < 1.29 is 9.53 Å². The molecule has 6 heteroatoms. The molecule has 0 spiro atoms. The van der Waals surface area contributed by atoms with Crippen LogP contribution in [0, 0.1) is 6.92 Å². The molecule has 3 rings (SSSR count). The van der Waals surface area contributed by atoms with Gasteiger partial charge < -0.3 is 9.64 Å². The van der Waals surface area contributed by atoms with Crippen molar-refractivity contribution in [2.75, 3.05) is 14.2 Å². The molecule has 0 aliphatic heterocycles. The predicted octanol–water partition coefficient (Wildman–Crippen LogP) is 5.19. The topological polar surface area (TPSA) is 64.4 Å². The summed E-state index contributed by atoms with van der Waals surface area (Å²) in [5, 5.41) is 0.528. The number of carbonyl (C=O) groups is 1. The van der Waals surface area contributed by atoms with Gasteiger partial charge in [0.15, 0.2) is 0 Å². The van der Waals surface area contributed by atoms with Crippen LogP contribution in [0.2, 0.25) is 0 Å². The van der Waals surface area contributed by atoms with Gasteiger partial charge in [-0.05, 0) is 50.1 Å². The maximum Gasteiger partial charge on any atom is 0.266 e. The first-order valence-corrected chi connectivity index (χ1v) is 11.3. The smallest absolute Gasteiger partial charge is 0.266 e. The van der Waals surface area contributed by atoms with Gasteiger partial charge in [0, 0.05) is 13.5 Å². The van der Waals surface area contributed by atoms with Gasteiger partial charge in [-0.25, -0.2) is 4.98 Å². The molecule has 1 heterocycles. The highest BCUT2D eigenvalue weighted by Gasteiger charge is 2.25. The van der Waals surface area contributed by atoms with Crippen LogP contribution >= 0.6 is 0 Å². The lowest BCUT2D eigenvalue weighted by Crippen LogP contribution is -2.35. The van der Waals surface area contributed by atoms with Gasteiger partial charge in [-0.1, -0.05) is 44.4 Å². The number of hydrogen-bond acceptors (Lipinski definition) is 4. The maximum absolute atomic E-state index is 13.6. The lowest BCUT2D eigenvalue weighted by atomic mass is 10.1. The molecule has 2 aromatic carbocycles.